The molecule has 2 N–H and O–H groups in total. The second kappa shape index (κ2) is 10.9. The van der Waals surface area contributed by atoms with Gasteiger partial charge in [0, 0.05) is 45.8 Å². The van der Waals surface area contributed by atoms with Gasteiger partial charge in [0.25, 0.3) is 0 Å². The Morgan fingerprint density at radius 3 is 2.25 bits per heavy atom. The lowest BCUT2D eigenvalue weighted by Gasteiger charge is -2.34. The first-order valence-corrected chi connectivity index (χ1v) is 11.6. The van der Waals surface area contributed by atoms with E-state index in [0.717, 1.165) is 50.4 Å². The number of urea groups is 1. The zero-order valence-electron chi connectivity index (χ0n) is 18.5. The Bertz CT molecular complexity index is 914. The topological polar surface area (TPSA) is 66.1 Å². The third-order valence-electron chi connectivity index (χ3n) is 5.90. The standard InChI is InChI=1S/C24H31ClN4O3/c1-2-28-7-9-29(10-8-28)17-19-5-3-18(4-6-19)15-26-24(30)27-16-20-13-21(25)23-22(14-20)31-11-12-32-23/h3-6,13-14H,2,7-12,15-17H2,1H3,(H2,26,27,30). The molecule has 8 heteroatoms. The van der Waals surface area contributed by atoms with Crippen LogP contribution >= 0.6 is 11.6 Å². The molecular formula is C24H31ClN4O3. The second-order valence-electron chi connectivity index (χ2n) is 8.16. The lowest BCUT2D eigenvalue weighted by Crippen LogP contribution is -2.45. The van der Waals surface area contributed by atoms with Crippen LogP contribution in [0.15, 0.2) is 36.4 Å². The molecule has 0 unspecified atom stereocenters. The van der Waals surface area contributed by atoms with E-state index in [1.807, 2.05) is 6.07 Å². The molecule has 0 radical (unpaired) electrons. The van der Waals surface area contributed by atoms with Gasteiger partial charge in [0.05, 0.1) is 5.02 Å². The number of nitrogens with one attached hydrogen (secondary N) is 2. The Morgan fingerprint density at radius 2 is 1.53 bits per heavy atom. The van der Waals surface area contributed by atoms with Gasteiger partial charge < -0.3 is 25.0 Å². The number of rotatable bonds is 7. The quantitative estimate of drug-likeness (QED) is 0.666. The van der Waals surface area contributed by atoms with Crippen molar-refractivity contribution in [3.8, 4) is 11.5 Å². The number of carbonyl (C=O) groups is 1. The Hall–Kier alpha value is -2.48. The van der Waals surface area contributed by atoms with E-state index in [1.165, 1.54) is 5.56 Å². The first-order chi connectivity index (χ1) is 15.6. The van der Waals surface area contributed by atoms with Crippen molar-refractivity contribution in [1.29, 1.82) is 0 Å². The van der Waals surface area contributed by atoms with Crippen LogP contribution in [0.1, 0.15) is 23.6 Å². The summed E-state index contributed by atoms with van der Waals surface area (Å²) in [4.78, 5) is 17.2. The molecule has 4 rings (SSSR count). The predicted octanol–water partition coefficient (Wildman–Crippen LogP) is 3.25. The van der Waals surface area contributed by atoms with Gasteiger partial charge in [0.1, 0.15) is 13.2 Å². The van der Waals surface area contributed by atoms with Crippen LogP contribution in [0, 0.1) is 0 Å². The van der Waals surface area contributed by atoms with Gasteiger partial charge in [-0.05, 0) is 35.4 Å². The maximum Gasteiger partial charge on any atom is 0.315 e. The van der Waals surface area contributed by atoms with E-state index >= 15 is 0 Å². The minimum absolute atomic E-state index is 0.228. The minimum atomic E-state index is -0.228. The van der Waals surface area contributed by atoms with Crippen LogP contribution in [-0.4, -0.2) is 61.8 Å². The van der Waals surface area contributed by atoms with Crippen LogP contribution in [0.5, 0.6) is 11.5 Å². The Labute approximate surface area is 194 Å². The Balaban J connectivity index is 1.20. The number of hydrogen-bond donors (Lipinski definition) is 2. The molecule has 2 aromatic rings. The van der Waals surface area contributed by atoms with Crippen LogP contribution in [0.25, 0.3) is 0 Å². The van der Waals surface area contributed by atoms with Gasteiger partial charge in [0.15, 0.2) is 11.5 Å². The van der Waals surface area contributed by atoms with Gasteiger partial charge in [-0.25, -0.2) is 4.79 Å². The SMILES string of the molecule is CCN1CCN(Cc2ccc(CNC(=O)NCc3cc(Cl)c4c(c3)OCCO4)cc2)CC1. The van der Waals surface area contributed by atoms with Gasteiger partial charge in [-0.15, -0.1) is 0 Å². The summed E-state index contributed by atoms with van der Waals surface area (Å²) in [5.41, 5.74) is 3.24. The van der Waals surface area contributed by atoms with E-state index < -0.39 is 0 Å². The number of nitrogens with zero attached hydrogens (tertiary/aromatic N) is 2. The average molecular weight is 459 g/mol. The summed E-state index contributed by atoms with van der Waals surface area (Å²) in [6.45, 7) is 10.7. The van der Waals surface area contributed by atoms with E-state index in [0.29, 0.717) is 42.8 Å². The summed E-state index contributed by atoms with van der Waals surface area (Å²) in [5, 5.41) is 6.26. The van der Waals surface area contributed by atoms with Gasteiger partial charge in [-0.3, -0.25) is 4.90 Å². The normalized spacial score (nSPS) is 16.6. The highest BCUT2D eigenvalue weighted by molar-refractivity contribution is 6.32. The fraction of sp³-hybridized carbons (Fsp3) is 0.458. The molecular weight excluding hydrogens is 428 g/mol. The van der Waals surface area contributed by atoms with Crippen molar-refractivity contribution in [2.45, 2.75) is 26.6 Å². The van der Waals surface area contributed by atoms with Crippen molar-refractivity contribution in [2.75, 3.05) is 45.9 Å². The number of amides is 2. The summed E-state index contributed by atoms with van der Waals surface area (Å²) >= 11 is 6.25. The van der Waals surface area contributed by atoms with E-state index in [-0.39, 0.29) is 6.03 Å². The molecule has 172 valence electrons. The number of benzene rings is 2. The molecule has 1 fully saturated rings. The number of hydrogen-bond acceptors (Lipinski definition) is 5. The summed E-state index contributed by atoms with van der Waals surface area (Å²) in [5.74, 6) is 1.19. The van der Waals surface area contributed by atoms with Crippen LogP contribution in [0.4, 0.5) is 4.79 Å². The number of ether oxygens (including phenoxy) is 2. The van der Waals surface area contributed by atoms with Crippen molar-refractivity contribution in [3.05, 3.63) is 58.1 Å². The summed E-state index contributed by atoms with van der Waals surface area (Å²) in [6.07, 6.45) is 0. The van der Waals surface area contributed by atoms with E-state index in [2.05, 4.69) is 51.6 Å². The first kappa shape index (κ1) is 22.7. The molecule has 0 aromatic heterocycles. The van der Waals surface area contributed by atoms with Crippen molar-refractivity contribution in [2.24, 2.45) is 0 Å². The van der Waals surface area contributed by atoms with Gasteiger partial charge >= 0.3 is 6.03 Å². The molecule has 0 spiro atoms. The van der Waals surface area contributed by atoms with E-state index in [9.17, 15) is 4.79 Å². The highest BCUT2D eigenvalue weighted by Gasteiger charge is 2.17. The van der Waals surface area contributed by atoms with Crippen molar-refractivity contribution >= 4 is 17.6 Å². The van der Waals surface area contributed by atoms with Crippen molar-refractivity contribution in [3.63, 3.8) is 0 Å². The fourth-order valence-electron chi connectivity index (χ4n) is 3.98. The molecule has 0 atom stereocenters. The monoisotopic (exact) mass is 458 g/mol. The van der Waals surface area contributed by atoms with Crippen LogP contribution in [0.3, 0.4) is 0 Å². The fourth-order valence-corrected chi connectivity index (χ4v) is 4.27. The minimum Gasteiger partial charge on any atom is -0.486 e. The molecule has 2 aliphatic heterocycles. The largest absolute Gasteiger partial charge is 0.486 e. The highest BCUT2D eigenvalue weighted by Crippen LogP contribution is 2.38. The van der Waals surface area contributed by atoms with Crippen molar-refractivity contribution < 1.29 is 14.3 Å². The lowest BCUT2D eigenvalue weighted by molar-refractivity contribution is 0.132. The van der Waals surface area contributed by atoms with E-state index in [4.69, 9.17) is 21.1 Å². The lowest BCUT2D eigenvalue weighted by atomic mass is 10.1. The van der Waals surface area contributed by atoms with E-state index in [1.54, 1.807) is 6.07 Å². The number of carbonyl (C=O) groups excluding carboxylic acids is 1. The average Bonchev–Trinajstić information content (AvgIpc) is 2.83. The summed E-state index contributed by atoms with van der Waals surface area (Å²) in [6, 6.07) is 11.9. The zero-order chi connectivity index (χ0) is 22.3. The maximum absolute atomic E-state index is 12.2. The molecule has 2 aromatic carbocycles. The third kappa shape index (κ3) is 6.06. The molecule has 0 saturated carbocycles. The molecule has 7 nitrogen and oxygen atoms in total. The van der Waals surface area contributed by atoms with Crippen LogP contribution < -0.4 is 20.1 Å². The molecule has 2 amide bonds. The van der Waals surface area contributed by atoms with Gasteiger partial charge in [0.2, 0.25) is 0 Å². The smallest absolute Gasteiger partial charge is 0.315 e. The van der Waals surface area contributed by atoms with Crippen LogP contribution in [0.2, 0.25) is 5.02 Å². The maximum atomic E-state index is 12.2. The van der Waals surface area contributed by atoms with Gasteiger partial charge in [-0.2, -0.15) is 0 Å². The van der Waals surface area contributed by atoms with Crippen molar-refractivity contribution in [1.82, 2.24) is 20.4 Å². The highest BCUT2D eigenvalue weighted by atomic mass is 35.5. The summed E-state index contributed by atoms with van der Waals surface area (Å²) in [7, 11) is 0. The number of halogens is 1. The molecule has 0 bridgehead atoms. The molecule has 32 heavy (non-hydrogen) atoms. The van der Waals surface area contributed by atoms with Gasteiger partial charge in [-0.1, -0.05) is 42.8 Å². The zero-order valence-corrected chi connectivity index (χ0v) is 19.3. The number of piperazine rings is 1. The number of fused-ring (bicyclic) bond motifs is 1. The second-order valence-corrected chi connectivity index (χ2v) is 8.57. The first-order valence-electron chi connectivity index (χ1n) is 11.2. The molecule has 1 saturated heterocycles. The predicted molar refractivity (Wildman–Crippen MR) is 125 cm³/mol. The molecule has 2 aliphatic rings. The third-order valence-corrected chi connectivity index (χ3v) is 6.18. The molecule has 0 aliphatic carbocycles. The number of likely N-dealkylation sites (N-methyl/N-ethyl adjacent to an activating group) is 1. The summed E-state index contributed by atoms with van der Waals surface area (Å²) < 4.78 is 11.1. The Morgan fingerprint density at radius 1 is 0.906 bits per heavy atom. The van der Waals surface area contributed by atoms with Crippen LogP contribution in [-0.2, 0) is 19.6 Å². The Kier molecular flexibility index (Phi) is 7.73. The molecule has 2 heterocycles.